The Kier molecular flexibility index (Phi) is 3.84. The second-order valence-corrected chi connectivity index (χ2v) is 4.76. The molecule has 4 nitrogen and oxygen atoms in total. The summed E-state index contributed by atoms with van der Waals surface area (Å²) in [4.78, 5) is 6.54. The molecule has 0 saturated carbocycles. The van der Waals surface area contributed by atoms with Crippen LogP contribution in [0.4, 0.5) is 5.69 Å². The molecular weight excluding hydrogens is 214 g/mol. The summed E-state index contributed by atoms with van der Waals surface area (Å²) in [6, 6.07) is 4.10. The Bertz CT molecular complexity index is 369. The lowest BCUT2D eigenvalue weighted by molar-refractivity contribution is 0.0662. The number of nitrogen functional groups attached to an aromatic ring is 1. The van der Waals surface area contributed by atoms with E-state index in [4.69, 9.17) is 10.5 Å². The van der Waals surface area contributed by atoms with E-state index in [1.165, 1.54) is 19.3 Å². The second kappa shape index (κ2) is 5.36. The Balaban J connectivity index is 2.01. The van der Waals surface area contributed by atoms with Crippen molar-refractivity contribution in [1.29, 1.82) is 0 Å². The van der Waals surface area contributed by atoms with Gasteiger partial charge in [0, 0.05) is 12.2 Å². The summed E-state index contributed by atoms with van der Waals surface area (Å²) in [6.07, 6.45) is 5.58. The van der Waals surface area contributed by atoms with Gasteiger partial charge in [0.1, 0.15) is 6.10 Å². The van der Waals surface area contributed by atoms with Gasteiger partial charge >= 0.3 is 0 Å². The van der Waals surface area contributed by atoms with E-state index < -0.39 is 0 Å². The first-order chi connectivity index (χ1) is 8.18. The van der Waals surface area contributed by atoms with Crippen molar-refractivity contribution in [3.05, 3.63) is 18.3 Å². The van der Waals surface area contributed by atoms with Gasteiger partial charge in [0.05, 0.1) is 5.69 Å². The molecule has 1 saturated heterocycles. The van der Waals surface area contributed by atoms with Gasteiger partial charge in [0.2, 0.25) is 5.88 Å². The number of pyridine rings is 1. The third-order valence-electron chi connectivity index (χ3n) is 3.47. The molecule has 2 unspecified atom stereocenters. The number of nitrogens with two attached hydrogens (primary N) is 1. The predicted molar refractivity (Wildman–Crippen MR) is 69.0 cm³/mol. The van der Waals surface area contributed by atoms with Crippen LogP contribution in [-0.4, -0.2) is 35.6 Å². The molecule has 1 aliphatic rings. The van der Waals surface area contributed by atoms with E-state index in [1.807, 2.05) is 12.1 Å². The van der Waals surface area contributed by atoms with Crippen LogP contribution in [0, 0.1) is 0 Å². The first-order valence-corrected chi connectivity index (χ1v) is 6.26. The molecule has 94 valence electrons. The Hall–Kier alpha value is -1.29. The maximum atomic E-state index is 5.88. The number of nitrogens with zero attached hydrogens (tertiary/aromatic N) is 2. The molecule has 2 rings (SSSR count). The molecule has 2 N–H and O–H groups in total. The second-order valence-electron chi connectivity index (χ2n) is 4.76. The summed E-state index contributed by atoms with van der Waals surface area (Å²) < 4.78 is 5.88. The highest BCUT2D eigenvalue weighted by Gasteiger charge is 2.26. The minimum Gasteiger partial charge on any atom is -0.472 e. The molecule has 1 aliphatic heterocycles. The van der Waals surface area contributed by atoms with Crippen molar-refractivity contribution in [2.75, 3.05) is 19.3 Å². The zero-order valence-corrected chi connectivity index (χ0v) is 10.6. The molecule has 1 aromatic rings. The molecule has 0 spiro atoms. The SMILES string of the molecule is CC(Oc1ncccc1N)C1CCCCN1C. The summed E-state index contributed by atoms with van der Waals surface area (Å²) >= 11 is 0. The molecule has 0 aliphatic carbocycles. The van der Waals surface area contributed by atoms with Crippen LogP contribution in [0.2, 0.25) is 0 Å². The summed E-state index contributed by atoms with van der Waals surface area (Å²) in [5.74, 6) is 0.555. The first kappa shape index (κ1) is 12.2. The number of hydrogen-bond donors (Lipinski definition) is 1. The van der Waals surface area contributed by atoms with Crippen molar-refractivity contribution in [3.8, 4) is 5.88 Å². The number of piperidine rings is 1. The number of anilines is 1. The number of hydrogen-bond acceptors (Lipinski definition) is 4. The third-order valence-corrected chi connectivity index (χ3v) is 3.47. The number of aromatic nitrogens is 1. The predicted octanol–water partition coefficient (Wildman–Crippen LogP) is 1.92. The van der Waals surface area contributed by atoms with E-state index in [-0.39, 0.29) is 6.10 Å². The number of likely N-dealkylation sites (N-methyl/N-ethyl adjacent to an activating group) is 1. The van der Waals surface area contributed by atoms with Crippen molar-refractivity contribution < 1.29 is 4.74 Å². The summed E-state index contributed by atoms with van der Waals surface area (Å²) in [5, 5.41) is 0. The van der Waals surface area contributed by atoms with Gasteiger partial charge in [0.15, 0.2) is 0 Å². The Labute approximate surface area is 103 Å². The van der Waals surface area contributed by atoms with E-state index in [1.54, 1.807) is 6.20 Å². The highest BCUT2D eigenvalue weighted by atomic mass is 16.5. The fourth-order valence-electron chi connectivity index (χ4n) is 2.45. The van der Waals surface area contributed by atoms with Gasteiger partial charge in [-0.05, 0) is 45.5 Å². The van der Waals surface area contributed by atoms with E-state index in [0.29, 0.717) is 17.6 Å². The molecule has 2 atom stereocenters. The van der Waals surface area contributed by atoms with Gasteiger partial charge in [0.25, 0.3) is 0 Å². The fraction of sp³-hybridized carbons (Fsp3) is 0.615. The minimum absolute atomic E-state index is 0.123. The van der Waals surface area contributed by atoms with E-state index in [2.05, 4.69) is 23.9 Å². The molecule has 0 amide bonds. The third kappa shape index (κ3) is 2.88. The molecule has 0 bridgehead atoms. The lowest BCUT2D eigenvalue weighted by atomic mass is 9.99. The maximum Gasteiger partial charge on any atom is 0.237 e. The van der Waals surface area contributed by atoms with E-state index >= 15 is 0 Å². The van der Waals surface area contributed by atoms with Crippen molar-refractivity contribution in [2.24, 2.45) is 0 Å². The molecule has 2 heterocycles. The topological polar surface area (TPSA) is 51.4 Å². The van der Waals surface area contributed by atoms with Crippen LogP contribution in [0.3, 0.4) is 0 Å². The van der Waals surface area contributed by atoms with Crippen LogP contribution in [0.25, 0.3) is 0 Å². The van der Waals surface area contributed by atoms with Crippen LogP contribution < -0.4 is 10.5 Å². The van der Waals surface area contributed by atoms with Crippen LogP contribution in [0.1, 0.15) is 26.2 Å². The van der Waals surface area contributed by atoms with Gasteiger partial charge in [-0.25, -0.2) is 4.98 Å². The van der Waals surface area contributed by atoms with Crippen LogP contribution in [0.5, 0.6) is 5.88 Å². The average molecular weight is 235 g/mol. The van der Waals surface area contributed by atoms with Crippen molar-refractivity contribution in [3.63, 3.8) is 0 Å². The van der Waals surface area contributed by atoms with Crippen LogP contribution >= 0.6 is 0 Å². The van der Waals surface area contributed by atoms with Crippen LogP contribution in [-0.2, 0) is 0 Å². The highest BCUT2D eigenvalue weighted by Crippen LogP contribution is 2.23. The average Bonchev–Trinajstić information content (AvgIpc) is 2.32. The lowest BCUT2D eigenvalue weighted by Gasteiger charge is -2.36. The largest absolute Gasteiger partial charge is 0.472 e. The number of likely N-dealkylation sites (tertiary alicyclic amines) is 1. The lowest BCUT2D eigenvalue weighted by Crippen LogP contribution is -2.45. The van der Waals surface area contributed by atoms with Crippen molar-refractivity contribution in [1.82, 2.24) is 9.88 Å². The van der Waals surface area contributed by atoms with Crippen molar-refractivity contribution >= 4 is 5.69 Å². The van der Waals surface area contributed by atoms with E-state index in [9.17, 15) is 0 Å². The minimum atomic E-state index is 0.123. The number of rotatable bonds is 3. The Morgan fingerprint density at radius 2 is 2.35 bits per heavy atom. The fourth-order valence-corrected chi connectivity index (χ4v) is 2.45. The quantitative estimate of drug-likeness (QED) is 0.869. The van der Waals surface area contributed by atoms with Gasteiger partial charge in [-0.1, -0.05) is 6.42 Å². The van der Waals surface area contributed by atoms with Gasteiger partial charge in [-0.2, -0.15) is 0 Å². The Morgan fingerprint density at radius 1 is 1.53 bits per heavy atom. The van der Waals surface area contributed by atoms with Crippen LogP contribution in [0.15, 0.2) is 18.3 Å². The zero-order valence-electron chi connectivity index (χ0n) is 10.6. The molecule has 1 aromatic heterocycles. The summed E-state index contributed by atoms with van der Waals surface area (Å²) in [7, 11) is 2.16. The monoisotopic (exact) mass is 235 g/mol. The molecule has 0 radical (unpaired) electrons. The highest BCUT2D eigenvalue weighted by molar-refractivity contribution is 5.46. The zero-order chi connectivity index (χ0) is 12.3. The van der Waals surface area contributed by atoms with Gasteiger partial charge < -0.3 is 10.5 Å². The standard InChI is InChI=1S/C13H21N3O/c1-10(12-7-3-4-9-16(12)2)17-13-11(14)6-5-8-15-13/h5-6,8,10,12H,3-4,7,9,14H2,1-2H3. The number of ether oxygens (including phenoxy) is 1. The van der Waals surface area contributed by atoms with Gasteiger partial charge in [-0.15, -0.1) is 0 Å². The normalized spacial score (nSPS) is 23.3. The first-order valence-electron chi connectivity index (χ1n) is 6.26. The molecule has 17 heavy (non-hydrogen) atoms. The molecule has 1 fully saturated rings. The summed E-state index contributed by atoms with van der Waals surface area (Å²) in [5.41, 5.74) is 6.44. The van der Waals surface area contributed by atoms with Gasteiger partial charge in [-0.3, -0.25) is 4.90 Å². The summed E-state index contributed by atoms with van der Waals surface area (Å²) in [6.45, 7) is 3.25. The maximum absolute atomic E-state index is 5.88. The molecular formula is C13H21N3O. The molecule has 0 aromatic carbocycles. The van der Waals surface area contributed by atoms with E-state index in [0.717, 1.165) is 6.54 Å². The Morgan fingerprint density at radius 3 is 3.06 bits per heavy atom. The molecule has 4 heteroatoms. The van der Waals surface area contributed by atoms with Crippen molar-refractivity contribution in [2.45, 2.75) is 38.3 Å². The smallest absolute Gasteiger partial charge is 0.237 e.